The van der Waals surface area contributed by atoms with Gasteiger partial charge in [0.1, 0.15) is 0 Å². The van der Waals surface area contributed by atoms with Crippen LogP contribution in [0.15, 0.2) is 59.5 Å². The highest BCUT2D eigenvalue weighted by Gasteiger charge is 2.25. The van der Waals surface area contributed by atoms with Crippen LogP contribution >= 0.6 is 0 Å². The first-order valence-electron chi connectivity index (χ1n) is 10.6. The van der Waals surface area contributed by atoms with Crippen LogP contribution in [0.4, 0.5) is 5.82 Å². The summed E-state index contributed by atoms with van der Waals surface area (Å²) in [5, 5.41) is 15.8. The average Bonchev–Trinajstić information content (AvgIpc) is 2.81. The third kappa shape index (κ3) is 4.96. The minimum atomic E-state index is -0.167. The lowest BCUT2D eigenvalue weighted by Crippen LogP contribution is -2.42. The van der Waals surface area contributed by atoms with E-state index in [0.717, 1.165) is 43.0 Å². The lowest BCUT2D eigenvalue weighted by molar-refractivity contribution is -0.125. The van der Waals surface area contributed by atoms with E-state index in [1.807, 2.05) is 30.3 Å². The molecule has 3 heterocycles. The molecule has 0 spiro atoms. The molecule has 1 amide bonds. The number of carbonyl (C=O) groups is 1. The summed E-state index contributed by atoms with van der Waals surface area (Å²) in [4.78, 5) is 26.3. The van der Waals surface area contributed by atoms with Crippen molar-refractivity contribution in [2.24, 2.45) is 5.92 Å². The van der Waals surface area contributed by atoms with Crippen molar-refractivity contribution >= 4 is 11.7 Å². The second kappa shape index (κ2) is 9.51. The molecule has 0 atom stereocenters. The Morgan fingerprint density at radius 3 is 2.58 bits per heavy atom. The predicted octanol–water partition coefficient (Wildman–Crippen LogP) is 2.04. The van der Waals surface area contributed by atoms with Crippen molar-refractivity contribution in [2.75, 3.05) is 24.5 Å². The molecule has 0 saturated carbocycles. The number of nitrogens with one attached hydrogen (secondary N) is 1. The fraction of sp³-hybridized carbons (Fsp3) is 0.348. The van der Waals surface area contributed by atoms with Gasteiger partial charge in [-0.3, -0.25) is 9.59 Å². The van der Waals surface area contributed by atoms with E-state index in [-0.39, 0.29) is 17.4 Å². The molecule has 0 aliphatic carbocycles. The van der Waals surface area contributed by atoms with Crippen LogP contribution in [0.3, 0.4) is 0 Å². The van der Waals surface area contributed by atoms with Gasteiger partial charge in [0.2, 0.25) is 5.91 Å². The molecule has 8 heteroatoms. The first-order valence-corrected chi connectivity index (χ1v) is 10.6. The Bertz CT molecular complexity index is 1090. The largest absolute Gasteiger partial charge is 0.355 e. The highest BCUT2D eigenvalue weighted by Crippen LogP contribution is 2.24. The number of aryl methyl sites for hydroxylation is 1. The fourth-order valence-corrected chi connectivity index (χ4v) is 3.85. The summed E-state index contributed by atoms with van der Waals surface area (Å²) in [7, 11) is 0. The van der Waals surface area contributed by atoms with Crippen molar-refractivity contribution in [3.8, 4) is 11.3 Å². The molecule has 1 aromatic carbocycles. The van der Waals surface area contributed by atoms with Crippen molar-refractivity contribution in [1.82, 2.24) is 25.3 Å². The Morgan fingerprint density at radius 2 is 1.87 bits per heavy atom. The van der Waals surface area contributed by atoms with Crippen LogP contribution in [0.5, 0.6) is 0 Å². The standard InChI is InChI=1S/C23H26N6O2/c1-17-5-2-3-6-19(17)20-8-9-21(27-26-20)28-14-10-18(11-15-28)23(31)24-13-16-29-22(30)7-4-12-25-29/h2-9,12,18H,10-11,13-16H2,1H3,(H,24,31). The normalized spacial score (nSPS) is 14.4. The Kier molecular flexibility index (Phi) is 6.35. The second-order valence-electron chi connectivity index (χ2n) is 7.73. The summed E-state index contributed by atoms with van der Waals surface area (Å²) in [5.74, 6) is 0.839. The Morgan fingerprint density at radius 1 is 1.06 bits per heavy atom. The molecule has 1 aliphatic rings. The summed E-state index contributed by atoms with van der Waals surface area (Å²) < 4.78 is 1.35. The van der Waals surface area contributed by atoms with Gasteiger partial charge in [0, 0.05) is 43.4 Å². The van der Waals surface area contributed by atoms with Gasteiger partial charge in [-0.05, 0) is 43.5 Å². The number of hydrogen-bond donors (Lipinski definition) is 1. The van der Waals surface area contributed by atoms with Crippen molar-refractivity contribution in [3.63, 3.8) is 0 Å². The zero-order valence-corrected chi connectivity index (χ0v) is 17.6. The van der Waals surface area contributed by atoms with Gasteiger partial charge in [-0.2, -0.15) is 5.10 Å². The summed E-state index contributed by atoms with van der Waals surface area (Å²) in [6, 6.07) is 15.2. The molecule has 1 saturated heterocycles. The number of amides is 1. The number of hydrogen-bond acceptors (Lipinski definition) is 6. The molecule has 1 N–H and O–H groups in total. The van der Waals surface area contributed by atoms with E-state index in [9.17, 15) is 9.59 Å². The van der Waals surface area contributed by atoms with E-state index in [1.54, 1.807) is 12.3 Å². The maximum absolute atomic E-state index is 12.5. The molecular formula is C23H26N6O2. The van der Waals surface area contributed by atoms with Crippen LogP contribution in [0.25, 0.3) is 11.3 Å². The monoisotopic (exact) mass is 418 g/mol. The number of carbonyl (C=O) groups excluding carboxylic acids is 1. The number of anilines is 1. The van der Waals surface area contributed by atoms with Crippen LogP contribution in [0.2, 0.25) is 0 Å². The van der Waals surface area contributed by atoms with Gasteiger partial charge in [-0.25, -0.2) is 4.68 Å². The quantitative estimate of drug-likeness (QED) is 0.659. The Labute approximate surface area is 180 Å². The zero-order valence-electron chi connectivity index (χ0n) is 17.6. The van der Waals surface area contributed by atoms with E-state index >= 15 is 0 Å². The van der Waals surface area contributed by atoms with Crippen molar-refractivity contribution in [1.29, 1.82) is 0 Å². The van der Waals surface area contributed by atoms with E-state index in [4.69, 9.17) is 0 Å². The van der Waals surface area contributed by atoms with Gasteiger partial charge in [-0.15, -0.1) is 10.2 Å². The van der Waals surface area contributed by atoms with E-state index in [0.29, 0.717) is 13.1 Å². The molecule has 160 valence electrons. The first kappa shape index (κ1) is 20.7. The summed E-state index contributed by atoms with van der Waals surface area (Å²) in [5.41, 5.74) is 2.96. The molecule has 1 aliphatic heterocycles. The molecular weight excluding hydrogens is 392 g/mol. The number of benzene rings is 1. The Hall–Kier alpha value is -3.55. The lowest BCUT2D eigenvalue weighted by atomic mass is 9.96. The van der Waals surface area contributed by atoms with Crippen LogP contribution in [-0.4, -0.2) is 45.5 Å². The van der Waals surface area contributed by atoms with Crippen LogP contribution in [-0.2, 0) is 11.3 Å². The van der Waals surface area contributed by atoms with E-state index in [1.165, 1.54) is 16.3 Å². The molecule has 3 aromatic rings. The zero-order chi connectivity index (χ0) is 21.6. The van der Waals surface area contributed by atoms with Gasteiger partial charge in [0.05, 0.1) is 12.2 Å². The number of aromatic nitrogens is 4. The number of piperidine rings is 1. The van der Waals surface area contributed by atoms with Crippen molar-refractivity contribution in [3.05, 3.63) is 70.6 Å². The molecule has 0 bridgehead atoms. The lowest BCUT2D eigenvalue weighted by Gasteiger charge is -2.31. The van der Waals surface area contributed by atoms with E-state index < -0.39 is 0 Å². The van der Waals surface area contributed by atoms with E-state index in [2.05, 4.69) is 38.5 Å². The van der Waals surface area contributed by atoms with Gasteiger partial charge in [0.25, 0.3) is 5.56 Å². The molecule has 0 unspecified atom stereocenters. The molecule has 4 rings (SSSR count). The highest BCUT2D eigenvalue weighted by atomic mass is 16.2. The van der Waals surface area contributed by atoms with Crippen molar-refractivity contribution in [2.45, 2.75) is 26.3 Å². The molecule has 2 aromatic heterocycles. The molecule has 0 radical (unpaired) electrons. The third-order valence-corrected chi connectivity index (χ3v) is 5.67. The van der Waals surface area contributed by atoms with Crippen LogP contribution in [0, 0.1) is 12.8 Å². The predicted molar refractivity (Wildman–Crippen MR) is 119 cm³/mol. The van der Waals surface area contributed by atoms with Crippen LogP contribution < -0.4 is 15.8 Å². The smallest absolute Gasteiger partial charge is 0.266 e. The minimum absolute atomic E-state index is 0.0316. The van der Waals surface area contributed by atoms with Crippen LogP contribution in [0.1, 0.15) is 18.4 Å². The highest BCUT2D eigenvalue weighted by molar-refractivity contribution is 5.79. The molecule has 31 heavy (non-hydrogen) atoms. The summed E-state index contributed by atoms with van der Waals surface area (Å²) >= 11 is 0. The first-order chi connectivity index (χ1) is 15.1. The molecule has 1 fully saturated rings. The fourth-order valence-electron chi connectivity index (χ4n) is 3.85. The SMILES string of the molecule is Cc1ccccc1-c1ccc(N2CCC(C(=O)NCCn3ncccc3=O)CC2)nn1. The maximum Gasteiger partial charge on any atom is 0.266 e. The van der Waals surface area contributed by atoms with Gasteiger partial charge >= 0.3 is 0 Å². The van der Waals surface area contributed by atoms with Gasteiger partial charge < -0.3 is 10.2 Å². The summed E-state index contributed by atoms with van der Waals surface area (Å²) in [6.07, 6.45) is 3.09. The topological polar surface area (TPSA) is 93.0 Å². The number of rotatable bonds is 6. The summed E-state index contributed by atoms with van der Waals surface area (Å²) in [6.45, 7) is 4.34. The maximum atomic E-state index is 12.5. The van der Waals surface area contributed by atoms with Crippen molar-refractivity contribution < 1.29 is 4.79 Å². The second-order valence-corrected chi connectivity index (χ2v) is 7.73. The average molecular weight is 419 g/mol. The molecule has 8 nitrogen and oxygen atoms in total. The van der Waals surface area contributed by atoms with Gasteiger partial charge in [-0.1, -0.05) is 24.3 Å². The third-order valence-electron chi connectivity index (χ3n) is 5.67. The van der Waals surface area contributed by atoms with Gasteiger partial charge in [0.15, 0.2) is 5.82 Å². The Balaban J connectivity index is 1.27. The minimum Gasteiger partial charge on any atom is -0.355 e. The number of nitrogens with zero attached hydrogens (tertiary/aromatic N) is 5.